The van der Waals surface area contributed by atoms with Crippen LogP contribution in [0.25, 0.3) is 0 Å². The lowest BCUT2D eigenvalue weighted by atomic mass is 9.94. The number of carbonyl (C=O) groups is 1. The summed E-state index contributed by atoms with van der Waals surface area (Å²) in [7, 11) is 0. The third-order valence-electron chi connectivity index (χ3n) is 5.15. The maximum Gasteiger partial charge on any atom is 0.0445 e. The van der Waals surface area contributed by atoms with Gasteiger partial charge in [0, 0.05) is 5.97 Å². The lowest BCUT2D eigenvalue weighted by Crippen LogP contribution is -2.31. The van der Waals surface area contributed by atoms with Gasteiger partial charge in [-0.15, -0.1) is 0 Å². The minimum absolute atomic E-state index is 0.204. The van der Waals surface area contributed by atoms with Crippen molar-refractivity contribution in [3.05, 3.63) is 0 Å². The highest BCUT2D eigenvalue weighted by Gasteiger charge is 2.09. The zero-order valence-corrected chi connectivity index (χ0v) is 16.6. The third-order valence-corrected chi connectivity index (χ3v) is 5.15. The molecule has 24 heavy (non-hydrogen) atoms. The zero-order valence-electron chi connectivity index (χ0n) is 16.6. The predicted octanol–water partition coefficient (Wildman–Crippen LogP) is 6.41. The molecular weight excluding hydrogens is 296 g/mol. The average Bonchev–Trinajstić information content (AvgIpc) is 2.57. The molecule has 144 valence electrons. The Bertz CT molecular complexity index is 243. The summed E-state index contributed by atoms with van der Waals surface area (Å²) >= 11 is 0. The Morgan fingerprint density at radius 1 is 0.583 bits per heavy atom. The molecule has 0 aliphatic rings. The standard InChI is InChI=1S/C22H44O2/c1-3-5-7-9-11-13-15-17-19-21(22(23)24)20-18-16-14-12-10-8-6-4-2/h21H,3-20H2,1-2H3,(H,23,24)/p-1. The Kier molecular flexibility index (Phi) is 18.4. The van der Waals surface area contributed by atoms with Gasteiger partial charge in [0.05, 0.1) is 0 Å². The van der Waals surface area contributed by atoms with Crippen LogP contribution in [-0.4, -0.2) is 5.97 Å². The van der Waals surface area contributed by atoms with Crippen LogP contribution in [0.3, 0.4) is 0 Å². The monoisotopic (exact) mass is 339 g/mol. The molecule has 2 nitrogen and oxygen atoms in total. The third kappa shape index (κ3) is 16.3. The van der Waals surface area contributed by atoms with Crippen molar-refractivity contribution < 1.29 is 9.90 Å². The number of carboxylic acid groups (broad SMARTS) is 1. The molecule has 0 atom stereocenters. The molecule has 0 radical (unpaired) electrons. The topological polar surface area (TPSA) is 40.1 Å². The fraction of sp³-hybridized carbons (Fsp3) is 0.955. The molecule has 0 heterocycles. The van der Waals surface area contributed by atoms with E-state index in [-0.39, 0.29) is 5.92 Å². The van der Waals surface area contributed by atoms with Gasteiger partial charge in [0.25, 0.3) is 0 Å². The second kappa shape index (κ2) is 18.8. The van der Waals surface area contributed by atoms with Crippen LogP contribution < -0.4 is 5.11 Å². The average molecular weight is 340 g/mol. The van der Waals surface area contributed by atoms with E-state index in [0.717, 1.165) is 25.7 Å². The molecule has 2 heteroatoms. The highest BCUT2D eigenvalue weighted by Crippen LogP contribution is 2.19. The summed E-state index contributed by atoms with van der Waals surface area (Å²) in [4.78, 5) is 11.3. The highest BCUT2D eigenvalue weighted by molar-refractivity contribution is 5.67. The number of rotatable bonds is 19. The summed E-state index contributed by atoms with van der Waals surface area (Å²) in [6, 6.07) is 0. The van der Waals surface area contributed by atoms with Crippen LogP contribution in [-0.2, 0) is 4.79 Å². The Labute approximate surface area is 151 Å². The van der Waals surface area contributed by atoms with Crippen molar-refractivity contribution in [2.45, 2.75) is 129 Å². The van der Waals surface area contributed by atoms with E-state index < -0.39 is 5.97 Å². The van der Waals surface area contributed by atoms with Crippen LogP contribution in [0, 0.1) is 5.92 Å². The summed E-state index contributed by atoms with van der Waals surface area (Å²) in [6.07, 6.45) is 22.0. The van der Waals surface area contributed by atoms with Crippen LogP contribution in [0.4, 0.5) is 0 Å². The molecule has 0 aliphatic heterocycles. The van der Waals surface area contributed by atoms with Gasteiger partial charge < -0.3 is 9.90 Å². The minimum Gasteiger partial charge on any atom is -0.550 e. The smallest absolute Gasteiger partial charge is 0.0445 e. The van der Waals surface area contributed by atoms with Crippen molar-refractivity contribution in [1.82, 2.24) is 0 Å². The molecular formula is C22H43O2-. The van der Waals surface area contributed by atoms with Crippen molar-refractivity contribution in [3.8, 4) is 0 Å². The fourth-order valence-electron chi connectivity index (χ4n) is 3.43. The van der Waals surface area contributed by atoms with Gasteiger partial charge in [-0.05, 0) is 18.8 Å². The highest BCUT2D eigenvalue weighted by atomic mass is 16.4. The van der Waals surface area contributed by atoms with Crippen LogP contribution in [0.2, 0.25) is 0 Å². The molecule has 0 spiro atoms. The van der Waals surface area contributed by atoms with Crippen molar-refractivity contribution >= 4 is 5.97 Å². The zero-order chi connectivity index (χ0) is 17.9. The van der Waals surface area contributed by atoms with Crippen molar-refractivity contribution in [2.75, 3.05) is 0 Å². The Balaban J connectivity index is 3.49. The number of unbranched alkanes of at least 4 members (excludes halogenated alkanes) is 14. The van der Waals surface area contributed by atoms with Crippen LogP contribution in [0.15, 0.2) is 0 Å². The molecule has 0 aliphatic carbocycles. The molecule has 0 bridgehead atoms. The van der Waals surface area contributed by atoms with E-state index in [1.54, 1.807) is 0 Å². The number of hydrogen-bond acceptors (Lipinski definition) is 2. The van der Waals surface area contributed by atoms with Crippen LogP contribution in [0.5, 0.6) is 0 Å². The largest absolute Gasteiger partial charge is 0.550 e. The van der Waals surface area contributed by atoms with E-state index >= 15 is 0 Å². The number of hydrogen-bond donors (Lipinski definition) is 0. The molecule has 0 aromatic rings. The first kappa shape index (κ1) is 23.5. The summed E-state index contributed by atoms with van der Waals surface area (Å²) in [6.45, 7) is 4.49. The molecule has 0 aromatic carbocycles. The summed E-state index contributed by atoms with van der Waals surface area (Å²) < 4.78 is 0. The van der Waals surface area contributed by atoms with E-state index in [1.807, 2.05) is 0 Å². The first-order valence-corrected chi connectivity index (χ1v) is 10.9. The van der Waals surface area contributed by atoms with E-state index in [2.05, 4.69) is 13.8 Å². The lowest BCUT2D eigenvalue weighted by Gasteiger charge is -2.17. The van der Waals surface area contributed by atoms with Gasteiger partial charge in [0.15, 0.2) is 0 Å². The summed E-state index contributed by atoms with van der Waals surface area (Å²) in [5.74, 6) is -1.02. The van der Waals surface area contributed by atoms with Gasteiger partial charge >= 0.3 is 0 Å². The molecule has 0 aromatic heterocycles. The Morgan fingerprint density at radius 2 is 0.875 bits per heavy atom. The second-order valence-electron chi connectivity index (χ2n) is 7.54. The van der Waals surface area contributed by atoms with Crippen molar-refractivity contribution in [1.29, 1.82) is 0 Å². The first-order chi connectivity index (χ1) is 11.7. The molecule has 0 N–H and O–H groups in total. The lowest BCUT2D eigenvalue weighted by molar-refractivity contribution is -0.312. The van der Waals surface area contributed by atoms with E-state index in [0.29, 0.717) is 0 Å². The van der Waals surface area contributed by atoms with Crippen molar-refractivity contribution in [2.24, 2.45) is 5.92 Å². The Hall–Kier alpha value is -0.530. The number of aliphatic carboxylic acids is 1. The SMILES string of the molecule is CCCCCCCCCCC(CCCCCCCCCC)C(=O)[O-]. The molecule has 0 amide bonds. The maximum atomic E-state index is 11.3. The van der Waals surface area contributed by atoms with Crippen LogP contribution >= 0.6 is 0 Å². The van der Waals surface area contributed by atoms with Gasteiger partial charge in [-0.3, -0.25) is 0 Å². The van der Waals surface area contributed by atoms with Gasteiger partial charge in [-0.2, -0.15) is 0 Å². The van der Waals surface area contributed by atoms with Gasteiger partial charge in [0.2, 0.25) is 0 Å². The predicted molar refractivity (Wildman–Crippen MR) is 103 cm³/mol. The number of carbonyl (C=O) groups excluding carboxylic acids is 1. The normalized spacial score (nSPS) is 11.3. The van der Waals surface area contributed by atoms with E-state index in [9.17, 15) is 9.90 Å². The first-order valence-electron chi connectivity index (χ1n) is 10.9. The van der Waals surface area contributed by atoms with E-state index in [1.165, 1.54) is 89.9 Å². The van der Waals surface area contributed by atoms with Crippen molar-refractivity contribution in [3.63, 3.8) is 0 Å². The fourth-order valence-corrected chi connectivity index (χ4v) is 3.43. The molecule has 0 unspecified atom stereocenters. The second-order valence-corrected chi connectivity index (χ2v) is 7.54. The Morgan fingerprint density at radius 3 is 1.17 bits per heavy atom. The van der Waals surface area contributed by atoms with Gasteiger partial charge in [-0.1, -0.05) is 117 Å². The quantitative estimate of drug-likeness (QED) is 0.255. The summed E-state index contributed by atoms with van der Waals surface area (Å²) in [5, 5.41) is 11.3. The molecule has 0 fully saturated rings. The maximum absolute atomic E-state index is 11.3. The minimum atomic E-state index is -0.819. The molecule has 0 rings (SSSR count). The number of carboxylic acids is 1. The molecule has 0 saturated carbocycles. The summed E-state index contributed by atoms with van der Waals surface area (Å²) in [5.41, 5.74) is 0. The molecule has 0 saturated heterocycles. The van der Waals surface area contributed by atoms with E-state index in [4.69, 9.17) is 0 Å². The van der Waals surface area contributed by atoms with Gasteiger partial charge in [-0.25, -0.2) is 0 Å². The van der Waals surface area contributed by atoms with Crippen LogP contribution in [0.1, 0.15) is 129 Å². The van der Waals surface area contributed by atoms with Gasteiger partial charge in [0.1, 0.15) is 0 Å².